The maximum absolute atomic E-state index is 5.50. The third-order valence-corrected chi connectivity index (χ3v) is 5.01. The molecule has 3 rings (SSSR count). The summed E-state index contributed by atoms with van der Waals surface area (Å²) < 4.78 is 15.8. The highest BCUT2D eigenvalue weighted by molar-refractivity contribution is 4.95. The van der Waals surface area contributed by atoms with Gasteiger partial charge in [-0.25, -0.2) is 0 Å². The molecule has 23 heavy (non-hydrogen) atoms. The summed E-state index contributed by atoms with van der Waals surface area (Å²) in [5.41, 5.74) is 0. The molecule has 7 nitrogen and oxygen atoms in total. The fourth-order valence-electron chi connectivity index (χ4n) is 3.74. The Morgan fingerprint density at radius 1 is 1.30 bits per heavy atom. The van der Waals surface area contributed by atoms with Crippen LogP contribution in [0.15, 0.2) is 4.52 Å². The highest BCUT2D eigenvalue weighted by Gasteiger charge is 2.35. The fourth-order valence-corrected chi connectivity index (χ4v) is 3.74. The summed E-state index contributed by atoms with van der Waals surface area (Å²) in [4.78, 5) is 6.99. The number of nitrogens with zero attached hydrogens (tertiary/aromatic N) is 3. The van der Waals surface area contributed by atoms with Gasteiger partial charge in [0.05, 0.1) is 25.7 Å². The van der Waals surface area contributed by atoms with Gasteiger partial charge in [0.25, 0.3) is 0 Å². The second kappa shape index (κ2) is 8.19. The van der Waals surface area contributed by atoms with Crippen molar-refractivity contribution in [1.29, 1.82) is 0 Å². The maximum Gasteiger partial charge on any atom is 0.229 e. The third kappa shape index (κ3) is 4.29. The average Bonchev–Trinajstić information content (AvgIpc) is 3.29. The number of rotatable bonds is 8. The fraction of sp³-hybridized carbons (Fsp3) is 0.875. The van der Waals surface area contributed by atoms with Gasteiger partial charge in [0, 0.05) is 39.4 Å². The molecule has 1 saturated heterocycles. The van der Waals surface area contributed by atoms with Crippen molar-refractivity contribution < 1.29 is 14.0 Å². The summed E-state index contributed by atoms with van der Waals surface area (Å²) in [5.74, 6) is 1.38. The Hall–Kier alpha value is -1.02. The van der Waals surface area contributed by atoms with Crippen LogP contribution in [0.1, 0.15) is 37.4 Å². The van der Waals surface area contributed by atoms with Crippen LogP contribution in [0, 0.1) is 0 Å². The van der Waals surface area contributed by atoms with Gasteiger partial charge in [-0.2, -0.15) is 4.98 Å². The van der Waals surface area contributed by atoms with E-state index in [9.17, 15) is 0 Å². The van der Waals surface area contributed by atoms with Crippen molar-refractivity contribution in [1.82, 2.24) is 20.4 Å². The molecule has 1 aromatic rings. The molecule has 0 spiro atoms. The molecule has 2 heterocycles. The van der Waals surface area contributed by atoms with Gasteiger partial charge < -0.3 is 19.3 Å². The van der Waals surface area contributed by atoms with Crippen molar-refractivity contribution >= 4 is 0 Å². The summed E-state index contributed by atoms with van der Waals surface area (Å²) in [6, 6.07) is 1.11. The molecule has 1 unspecified atom stereocenters. The Kier molecular flexibility index (Phi) is 5.99. The number of nitrogens with one attached hydrogen (secondary N) is 1. The van der Waals surface area contributed by atoms with Crippen molar-refractivity contribution in [3.05, 3.63) is 11.7 Å². The summed E-state index contributed by atoms with van der Waals surface area (Å²) in [7, 11) is 3.49. The minimum atomic E-state index is 0.400. The lowest BCUT2D eigenvalue weighted by molar-refractivity contribution is 0.0979. The zero-order valence-corrected chi connectivity index (χ0v) is 14.2. The molecule has 0 bridgehead atoms. The molecule has 3 atom stereocenters. The molecule has 1 aromatic heterocycles. The lowest BCUT2D eigenvalue weighted by Gasteiger charge is -2.29. The number of methoxy groups -OCH3 is 2. The summed E-state index contributed by atoms with van der Waals surface area (Å²) >= 11 is 0. The van der Waals surface area contributed by atoms with Crippen LogP contribution in [0.25, 0.3) is 0 Å². The monoisotopic (exact) mass is 324 g/mol. The van der Waals surface area contributed by atoms with E-state index in [0.29, 0.717) is 43.7 Å². The van der Waals surface area contributed by atoms with Crippen LogP contribution in [0.4, 0.5) is 0 Å². The van der Waals surface area contributed by atoms with Crippen molar-refractivity contribution in [2.45, 2.75) is 56.8 Å². The van der Waals surface area contributed by atoms with Crippen LogP contribution in [0.2, 0.25) is 0 Å². The smallest absolute Gasteiger partial charge is 0.229 e. The highest BCUT2D eigenvalue weighted by Crippen LogP contribution is 2.28. The van der Waals surface area contributed by atoms with E-state index in [1.165, 1.54) is 19.3 Å². The van der Waals surface area contributed by atoms with Crippen molar-refractivity contribution in [3.8, 4) is 0 Å². The molecule has 2 aliphatic rings. The van der Waals surface area contributed by atoms with E-state index in [-0.39, 0.29) is 0 Å². The van der Waals surface area contributed by atoms with Crippen LogP contribution >= 0.6 is 0 Å². The van der Waals surface area contributed by atoms with Gasteiger partial charge >= 0.3 is 0 Å². The van der Waals surface area contributed by atoms with E-state index >= 15 is 0 Å². The Labute approximate surface area is 137 Å². The van der Waals surface area contributed by atoms with Crippen LogP contribution in [0.5, 0.6) is 0 Å². The Bertz CT molecular complexity index is 482. The van der Waals surface area contributed by atoms with E-state index in [2.05, 4.69) is 20.4 Å². The quantitative estimate of drug-likeness (QED) is 0.764. The largest absolute Gasteiger partial charge is 0.384 e. The molecule has 0 radical (unpaired) electrons. The van der Waals surface area contributed by atoms with Crippen LogP contribution in [0.3, 0.4) is 0 Å². The third-order valence-electron chi connectivity index (χ3n) is 5.01. The topological polar surface area (TPSA) is 72.7 Å². The number of ether oxygens (including phenoxy) is 2. The predicted octanol–water partition coefficient (Wildman–Crippen LogP) is 0.990. The zero-order valence-electron chi connectivity index (χ0n) is 14.2. The minimum Gasteiger partial charge on any atom is -0.384 e. The first-order valence-electron chi connectivity index (χ1n) is 8.60. The molecule has 1 saturated carbocycles. The standard InChI is InChI=1S/C16H28N4O3/c1-21-9-7-16-18-15(19-23-16)10-17-13-4-3-5-14(13)20-8-6-12(11-20)22-2/h12-14,17H,3-11H2,1-2H3/t12?,13-,14+/m1/s1. The molecular formula is C16H28N4O3. The van der Waals surface area contributed by atoms with E-state index < -0.39 is 0 Å². The zero-order chi connectivity index (χ0) is 16.1. The normalized spacial score (nSPS) is 28.7. The highest BCUT2D eigenvalue weighted by atomic mass is 16.5. The van der Waals surface area contributed by atoms with Gasteiger partial charge in [-0.1, -0.05) is 11.6 Å². The van der Waals surface area contributed by atoms with Crippen LogP contribution in [-0.2, 0) is 22.4 Å². The van der Waals surface area contributed by atoms with Crippen LogP contribution in [-0.4, -0.2) is 67.1 Å². The molecule has 0 amide bonds. The number of hydrogen-bond acceptors (Lipinski definition) is 7. The molecule has 1 aliphatic carbocycles. The SMILES string of the molecule is COCCc1nc(CN[C@@H]2CCC[C@@H]2N2CCC(OC)C2)no1. The molecular weight excluding hydrogens is 296 g/mol. The molecule has 7 heteroatoms. The van der Waals surface area contributed by atoms with Gasteiger partial charge in [-0.3, -0.25) is 4.90 Å². The van der Waals surface area contributed by atoms with Gasteiger partial charge in [0.2, 0.25) is 5.89 Å². The second-order valence-corrected chi connectivity index (χ2v) is 6.47. The molecule has 130 valence electrons. The van der Waals surface area contributed by atoms with E-state index in [1.54, 1.807) is 7.11 Å². The summed E-state index contributed by atoms with van der Waals surface area (Å²) in [6.45, 7) is 3.47. The number of aromatic nitrogens is 2. The number of hydrogen-bond donors (Lipinski definition) is 1. The van der Waals surface area contributed by atoms with Gasteiger partial charge in [0.15, 0.2) is 5.82 Å². The van der Waals surface area contributed by atoms with E-state index in [1.807, 2.05) is 7.11 Å². The average molecular weight is 324 g/mol. The first-order valence-corrected chi connectivity index (χ1v) is 8.60. The molecule has 0 aromatic carbocycles. The van der Waals surface area contributed by atoms with Gasteiger partial charge in [-0.15, -0.1) is 0 Å². The first-order chi connectivity index (χ1) is 11.3. The van der Waals surface area contributed by atoms with Gasteiger partial charge in [-0.05, 0) is 19.3 Å². The lowest BCUT2D eigenvalue weighted by Crippen LogP contribution is -2.46. The maximum atomic E-state index is 5.50. The Balaban J connectivity index is 1.48. The molecule has 1 aliphatic heterocycles. The lowest BCUT2D eigenvalue weighted by atomic mass is 10.1. The molecule has 2 fully saturated rings. The van der Waals surface area contributed by atoms with Crippen molar-refractivity contribution in [2.75, 3.05) is 33.9 Å². The van der Waals surface area contributed by atoms with Crippen molar-refractivity contribution in [2.24, 2.45) is 0 Å². The molecule has 1 N–H and O–H groups in total. The van der Waals surface area contributed by atoms with Crippen molar-refractivity contribution in [3.63, 3.8) is 0 Å². The second-order valence-electron chi connectivity index (χ2n) is 6.47. The summed E-state index contributed by atoms with van der Waals surface area (Å²) in [6.07, 6.45) is 5.97. The number of likely N-dealkylation sites (tertiary alicyclic amines) is 1. The van der Waals surface area contributed by atoms with Crippen LogP contribution < -0.4 is 5.32 Å². The Morgan fingerprint density at radius 2 is 2.22 bits per heavy atom. The Morgan fingerprint density at radius 3 is 3.00 bits per heavy atom. The first kappa shape index (κ1) is 16.8. The van der Waals surface area contributed by atoms with Gasteiger partial charge in [0.1, 0.15) is 0 Å². The summed E-state index contributed by atoms with van der Waals surface area (Å²) in [5, 5.41) is 7.67. The van der Waals surface area contributed by atoms with E-state index in [0.717, 1.165) is 25.3 Å². The predicted molar refractivity (Wildman–Crippen MR) is 85.1 cm³/mol. The van der Waals surface area contributed by atoms with E-state index in [4.69, 9.17) is 14.0 Å². The minimum absolute atomic E-state index is 0.400.